The van der Waals surface area contributed by atoms with E-state index in [0.29, 0.717) is 24.3 Å². The highest BCUT2D eigenvalue weighted by Gasteiger charge is 2.49. The average molecular weight is 381 g/mol. The molecule has 0 aromatic heterocycles. The summed E-state index contributed by atoms with van der Waals surface area (Å²) in [6.07, 6.45) is 0.150. The summed E-state index contributed by atoms with van der Waals surface area (Å²) in [6.45, 7) is 4.24. The molecule has 0 bridgehead atoms. The van der Waals surface area contributed by atoms with Gasteiger partial charge in [0.15, 0.2) is 11.6 Å². The van der Waals surface area contributed by atoms with Crippen LogP contribution in [0.5, 0.6) is 5.75 Å². The number of aliphatic hydroxyl groups is 1. The number of amides is 1. The van der Waals surface area contributed by atoms with Crippen molar-refractivity contribution in [2.75, 3.05) is 20.2 Å². The minimum absolute atomic E-state index is 0.0309. The van der Waals surface area contributed by atoms with Crippen molar-refractivity contribution in [3.8, 4) is 5.75 Å². The number of aliphatic hydroxyl groups excluding tert-OH is 1. The molecular formula is C20H28FNO5. The Morgan fingerprint density at radius 1 is 1.41 bits per heavy atom. The Kier molecular flexibility index (Phi) is 6.81. The molecule has 0 unspecified atom stereocenters. The summed E-state index contributed by atoms with van der Waals surface area (Å²) in [5.74, 6) is -1.51. The first-order valence-electron chi connectivity index (χ1n) is 9.21. The molecule has 1 saturated heterocycles. The standard InChI is InChI=1S/C20H28FNO5/c1-13(2)6-8-20(19(25)26)12-22(9-7-17(20)23)18(24)11-14-4-5-16(27-3)15(21)10-14/h4-5,10,13,17,23H,6-9,11-12H2,1-3H3,(H,25,26)/t17-,20-/m1/s1. The Labute approximate surface area is 158 Å². The first-order chi connectivity index (χ1) is 12.7. The predicted molar refractivity (Wildman–Crippen MR) is 98.0 cm³/mol. The monoisotopic (exact) mass is 381 g/mol. The summed E-state index contributed by atoms with van der Waals surface area (Å²) in [6, 6.07) is 4.32. The van der Waals surface area contributed by atoms with Crippen molar-refractivity contribution in [3.05, 3.63) is 29.6 Å². The van der Waals surface area contributed by atoms with Crippen LogP contribution in [0, 0.1) is 17.2 Å². The Morgan fingerprint density at radius 3 is 2.67 bits per heavy atom. The Morgan fingerprint density at radius 2 is 2.11 bits per heavy atom. The number of ether oxygens (including phenoxy) is 1. The van der Waals surface area contributed by atoms with E-state index < -0.39 is 23.3 Å². The van der Waals surface area contributed by atoms with E-state index in [-0.39, 0.29) is 37.6 Å². The molecule has 2 atom stereocenters. The van der Waals surface area contributed by atoms with Crippen LogP contribution < -0.4 is 4.74 Å². The summed E-state index contributed by atoms with van der Waals surface area (Å²) in [5.41, 5.74) is -0.865. The predicted octanol–water partition coefficient (Wildman–Crippen LogP) is 2.48. The van der Waals surface area contributed by atoms with E-state index >= 15 is 0 Å². The van der Waals surface area contributed by atoms with Gasteiger partial charge in [0.25, 0.3) is 0 Å². The van der Waals surface area contributed by atoms with E-state index in [2.05, 4.69) is 0 Å². The molecule has 1 heterocycles. The largest absolute Gasteiger partial charge is 0.494 e. The summed E-state index contributed by atoms with van der Waals surface area (Å²) < 4.78 is 18.7. The molecule has 1 aliphatic rings. The van der Waals surface area contributed by atoms with E-state index in [1.54, 1.807) is 6.07 Å². The molecule has 0 spiro atoms. The van der Waals surface area contributed by atoms with E-state index in [0.717, 1.165) is 0 Å². The van der Waals surface area contributed by atoms with Crippen LogP contribution in [0.25, 0.3) is 0 Å². The zero-order valence-electron chi connectivity index (χ0n) is 16.1. The number of carbonyl (C=O) groups excluding carboxylic acids is 1. The molecule has 0 radical (unpaired) electrons. The van der Waals surface area contributed by atoms with Crippen LogP contribution in [0.2, 0.25) is 0 Å². The molecule has 1 fully saturated rings. The molecule has 1 aromatic carbocycles. The second-order valence-electron chi connectivity index (χ2n) is 7.66. The normalized spacial score (nSPS) is 22.7. The number of hydrogen-bond acceptors (Lipinski definition) is 4. The third kappa shape index (κ3) is 4.77. The van der Waals surface area contributed by atoms with Crippen molar-refractivity contribution >= 4 is 11.9 Å². The maximum absolute atomic E-state index is 13.8. The Hall–Kier alpha value is -2.15. The van der Waals surface area contributed by atoms with Crippen LogP contribution in [-0.4, -0.2) is 53.3 Å². The highest BCUT2D eigenvalue weighted by atomic mass is 19.1. The number of hydrogen-bond donors (Lipinski definition) is 2. The van der Waals surface area contributed by atoms with E-state index in [9.17, 15) is 24.2 Å². The lowest BCUT2D eigenvalue weighted by Gasteiger charge is -2.43. The number of nitrogens with zero attached hydrogens (tertiary/aromatic N) is 1. The van der Waals surface area contributed by atoms with Gasteiger partial charge in [0.05, 0.1) is 19.6 Å². The van der Waals surface area contributed by atoms with E-state index in [4.69, 9.17) is 4.74 Å². The first-order valence-corrected chi connectivity index (χ1v) is 9.21. The van der Waals surface area contributed by atoms with Gasteiger partial charge in [-0.3, -0.25) is 9.59 Å². The van der Waals surface area contributed by atoms with Crippen LogP contribution in [0.3, 0.4) is 0 Å². The van der Waals surface area contributed by atoms with Gasteiger partial charge >= 0.3 is 5.97 Å². The zero-order valence-corrected chi connectivity index (χ0v) is 16.1. The summed E-state index contributed by atoms with van der Waals surface area (Å²) >= 11 is 0. The molecule has 2 N–H and O–H groups in total. The van der Waals surface area contributed by atoms with Crippen molar-refractivity contribution in [1.82, 2.24) is 4.90 Å². The number of aliphatic carboxylic acids is 1. The van der Waals surface area contributed by atoms with Gasteiger partial charge in [-0.1, -0.05) is 19.9 Å². The Balaban J connectivity index is 2.14. The molecule has 7 heteroatoms. The van der Waals surface area contributed by atoms with Crippen LogP contribution in [0.4, 0.5) is 4.39 Å². The van der Waals surface area contributed by atoms with Crippen LogP contribution >= 0.6 is 0 Å². The summed E-state index contributed by atoms with van der Waals surface area (Å²) in [5, 5.41) is 20.2. The van der Waals surface area contributed by atoms with Gasteiger partial charge in [-0.15, -0.1) is 0 Å². The lowest BCUT2D eigenvalue weighted by molar-refractivity contribution is -0.167. The third-order valence-electron chi connectivity index (χ3n) is 5.30. The molecule has 150 valence electrons. The van der Waals surface area contributed by atoms with Gasteiger partial charge in [0.1, 0.15) is 5.41 Å². The van der Waals surface area contributed by atoms with E-state index in [1.807, 2.05) is 13.8 Å². The van der Waals surface area contributed by atoms with Crippen molar-refractivity contribution in [2.45, 2.75) is 45.6 Å². The van der Waals surface area contributed by atoms with Gasteiger partial charge in [0.2, 0.25) is 5.91 Å². The molecule has 6 nitrogen and oxygen atoms in total. The number of halogens is 1. The van der Waals surface area contributed by atoms with E-state index in [1.165, 1.54) is 24.1 Å². The third-order valence-corrected chi connectivity index (χ3v) is 5.30. The highest BCUT2D eigenvalue weighted by Crippen LogP contribution is 2.37. The number of methoxy groups -OCH3 is 1. The van der Waals surface area contributed by atoms with Gasteiger partial charge < -0.3 is 19.8 Å². The zero-order chi connectivity index (χ0) is 20.2. The number of piperidine rings is 1. The van der Waals surface area contributed by atoms with Crippen molar-refractivity contribution in [2.24, 2.45) is 11.3 Å². The summed E-state index contributed by atoms with van der Waals surface area (Å²) in [7, 11) is 1.37. The van der Waals surface area contributed by atoms with Gasteiger partial charge in [-0.25, -0.2) is 4.39 Å². The SMILES string of the molecule is COc1ccc(CC(=O)N2CC[C@@H](O)[C@](CCC(C)C)(C(=O)O)C2)cc1F. The molecule has 1 aliphatic heterocycles. The molecule has 1 amide bonds. The summed E-state index contributed by atoms with van der Waals surface area (Å²) in [4.78, 5) is 26.1. The Bertz CT molecular complexity index is 693. The van der Waals surface area contributed by atoms with Crippen molar-refractivity contribution in [1.29, 1.82) is 0 Å². The minimum atomic E-state index is -1.36. The van der Waals surface area contributed by atoms with Crippen LogP contribution in [0.1, 0.15) is 38.7 Å². The molecule has 0 aliphatic carbocycles. The van der Waals surface area contributed by atoms with Gasteiger partial charge in [0, 0.05) is 13.1 Å². The maximum Gasteiger partial charge on any atom is 0.314 e. The smallest absolute Gasteiger partial charge is 0.314 e. The first kappa shape index (κ1) is 21.2. The number of carboxylic acids is 1. The lowest BCUT2D eigenvalue weighted by Crippen LogP contribution is -2.57. The fourth-order valence-corrected chi connectivity index (χ4v) is 3.51. The number of rotatable bonds is 7. The second kappa shape index (κ2) is 8.69. The molecule has 2 rings (SSSR count). The van der Waals surface area contributed by atoms with Gasteiger partial charge in [-0.2, -0.15) is 0 Å². The highest BCUT2D eigenvalue weighted by molar-refractivity contribution is 5.81. The molecular weight excluding hydrogens is 353 g/mol. The number of likely N-dealkylation sites (tertiary alicyclic amines) is 1. The maximum atomic E-state index is 13.8. The fraction of sp³-hybridized carbons (Fsp3) is 0.600. The topological polar surface area (TPSA) is 87.1 Å². The minimum Gasteiger partial charge on any atom is -0.494 e. The second-order valence-corrected chi connectivity index (χ2v) is 7.66. The number of benzene rings is 1. The average Bonchev–Trinajstić information content (AvgIpc) is 2.61. The van der Waals surface area contributed by atoms with Gasteiger partial charge in [-0.05, 0) is 42.9 Å². The molecule has 0 saturated carbocycles. The molecule has 1 aromatic rings. The molecule has 27 heavy (non-hydrogen) atoms. The van der Waals surface area contributed by atoms with Crippen molar-refractivity contribution < 1.29 is 28.9 Å². The van der Waals surface area contributed by atoms with Crippen molar-refractivity contribution in [3.63, 3.8) is 0 Å². The fourth-order valence-electron chi connectivity index (χ4n) is 3.51. The van der Waals surface area contributed by atoms with Crippen LogP contribution in [-0.2, 0) is 16.0 Å². The number of carboxylic acid groups (broad SMARTS) is 1. The van der Waals surface area contributed by atoms with Crippen LogP contribution in [0.15, 0.2) is 18.2 Å². The number of carbonyl (C=O) groups is 2. The lowest BCUT2D eigenvalue weighted by atomic mass is 9.72. The quantitative estimate of drug-likeness (QED) is 0.758.